The third kappa shape index (κ3) is 6.39. The minimum absolute atomic E-state index is 0.0481. The Kier molecular flexibility index (Phi) is 10.3. The zero-order valence-electron chi connectivity index (χ0n) is 31.4. The van der Waals surface area contributed by atoms with Crippen molar-refractivity contribution in [2.24, 2.45) is 40.4 Å². The van der Waals surface area contributed by atoms with Gasteiger partial charge in [-0.2, -0.15) is 8.42 Å². The smallest absolute Gasteiger partial charge is 0.393 e. The molecule has 4 aliphatic heterocycles. The molecule has 8 rings (SSSR count). The van der Waals surface area contributed by atoms with Gasteiger partial charge in [0, 0.05) is 24.2 Å². The lowest BCUT2D eigenvalue weighted by molar-refractivity contribution is -0.361. The molecule has 20 unspecified atom stereocenters. The van der Waals surface area contributed by atoms with Crippen LogP contribution in [0.25, 0.3) is 0 Å². The number of aliphatic hydroxyl groups excluding tert-OH is 5. The maximum absolute atomic E-state index is 11.7. The lowest BCUT2D eigenvalue weighted by Gasteiger charge is -2.60. The molecular formula is C38H58O15S. The minimum atomic E-state index is -5.02. The minimum Gasteiger partial charge on any atom is -0.393 e. The summed E-state index contributed by atoms with van der Waals surface area (Å²) in [7, 11) is -5.02. The highest BCUT2D eigenvalue weighted by Crippen LogP contribution is 2.71. The molecule has 7 fully saturated rings. The lowest BCUT2D eigenvalue weighted by atomic mass is 9.46. The fraction of sp³-hybridized carbons (Fsp3) is 0.895. The number of allylic oxidation sites excluding steroid dienone is 1. The van der Waals surface area contributed by atoms with Gasteiger partial charge < -0.3 is 54.0 Å². The Labute approximate surface area is 316 Å². The van der Waals surface area contributed by atoms with Crippen LogP contribution in [0.4, 0.5) is 0 Å². The molecule has 4 saturated heterocycles. The monoisotopic (exact) mass is 786 g/mol. The van der Waals surface area contributed by atoms with Gasteiger partial charge in [-0.15, -0.1) is 0 Å². The van der Waals surface area contributed by atoms with E-state index in [1.807, 2.05) is 0 Å². The normalized spacial score (nSPS) is 54.7. The zero-order valence-corrected chi connectivity index (χ0v) is 32.3. The van der Waals surface area contributed by atoms with E-state index in [9.17, 15) is 38.5 Å². The Bertz CT molecular complexity index is 1580. The second-order valence-electron chi connectivity index (χ2n) is 18.0. The van der Waals surface area contributed by atoms with Crippen LogP contribution in [0, 0.1) is 40.4 Å². The molecule has 1 spiro atoms. The number of rotatable bonds is 6. The molecule has 0 bridgehead atoms. The number of fused-ring (bicyclic) bond motifs is 7. The third-order valence-electron chi connectivity index (χ3n) is 15.2. The zero-order chi connectivity index (χ0) is 38.7. The Morgan fingerprint density at radius 3 is 2.41 bits per heavy atom. The second kappa shape index (κ2) is 14.0. The van der Waals surface area contributed by atoms with Gasteiger partial charge in [0.15, 0.2) is 18.4 Å². The Morgan fingerprint density at radius 1 is 0.944 bits per heavy atom. The highest BCUT2D eigenvalue weighted by atomic mass is 32.3. The van der Waals surface area contributed by atoms with E-state index in [0.717, 1.165) is 49.7 Å². The summed E-state index contributed by atoms with van der Waals surface area (Å²) in [5, 5.41) is 54.1. The summed E-state index contributed by atoms with van der Waals surface area (Å²) < 4.78 is 75.2. The summed E-state index contributed by atoms with van der Waals surface area (Å²) in [4.78, 5) is 0. The molecule has 15 nitrogen and oxygen atoms in total. The molecule has 8 aliphatic rings. The van der Waals surface area contributed by atoms with E-state index in [-0.39, 0.29) is 29.8 Å². The van der Waals surface area contributed by atoms with Crippen molar-refractivity contribution in [1.82, 2.24) is 0 Å². The summed E-state index contributed by atoms with van der Waals surface area (Å²) >= 11 is 0. The predicted octanol–water partition coefficient (Wildman–Crippen LogP) is 1.75. The van der Waals surface area contributed by atoms with Crippen molar-refractivity contribution >= 4 is 10.4 Å². The molecular weight excluding hydrogens is 728 g/mol. The van der Waals surface area contributed by atoms with Crippen molar-refractivity contribution in [2.75, 3.05) is 13.2 Å². The van der Waals surface area contributed by atoms with Crippen molar-refractivity contribution in [3.05, 3.63) is 23.8 Å². The van der Waals surface area contributed by atoms with Crippen LogP contribution in [-0.4, -0.2) is 131 Å². The third-order valence-corrected chi connectivity index (χ3v) is 15.7. The maximum Gasteiger partial charge on any atom is 0.397 e. The molecule has 0 amide bonds. The molecule has 54 heavy (non-hydrogen) atoms. The highest BCUT2D eigenvalue weighted by molar-refractivity contribution is 7.80. The van der Waals surface area contributed by atoms with E-state index in [0.29, 0.717) is 30.8 Å². The molecule has 6 N–H and O–H groups in total. The molecule has 0 aromatic heterocycles. The summed E-state index contributed by atoms with van der Waals surface area (Å²) in [5.41, 5.74) is 1.72. The van der Waals surface area contributed by atoms with Crippen molar-refractivity contribution in [3.8, 4) is 0 Å². The quantitative estimate of drug-likeness (QED) is 0.167. The molecule has 4 heterocycles. The average Bonchev–Trinajstić information content (AvgIpc) is 3.55. The van der Waals surface area contributed by atoms with Crippen LogP contribution in [0.15, 0.2) is 23.8 Å². The first-order valence-corrected chi connectivity index (χ1v) is 21.0. The van der Waals surface area contributed by atoms with Gasteiger partial charge in [-0.1, -0.05) is 44.6 Å². The topological polar surface area (TPSA) is 220 Å². The molecule has 306 valence electrons. The van der Waals surface area contributed by atoms with E-state index in [1.165, 1.54) is 6.92 Å². The molecule has 0 aromatic rings. The molecule has 4 aliphatic carbocycles. The summed E-state index contributed by atoms with van der Waals surface area (Å²) in [6.45, 7) is 12.6. The Balaban J connectivity index is 1.06. The van der Waals surface area contributed by atoms with Crippen molar-refractivity contribution in [3.63, 3.8) is 0 Å². The maximum atomic E-state index is 11.7. The number of ether oxygens (including phenoxy) is 6. The molecule has 20 atom stereocenters. The highest BCUT2D eigenvalue weighted by Gasteiger charge is 2.69. The van der Waals surface area contributed by atoms with E-state index < -0.39 is 95.7 Å². The van der Waals surface area contributed by atoms with Crippen molar-refractivity contribution < 1.29 is 71.1 Å². The van der Waals surface area contributed by atoms with Crippen molar-refractivity contribution in [1.29, 1.82) is 0 Å². The number of hydrogen-bond donors (Lipinski definition) is 6. The van der Waals surface area contributed by atoms with E-state index >= 15 is 0 Å². The molecule has 16 heteroatoms. The van der Waals surface area contributed by atoms with Crippen LogP contribution in [0.5, 0.6) is 0 Å². The number of aliphatic hydroxyl groups is 5. The van der Waals surface area contributed by atoms with Gasteiger partial charge >= 0.3 is 10.4 Å². The predicted molar refractivity (Wildman–Crippen MR) is 187 cm³/mol. The van der Waals surface area contributed by atoms with Crippen LogP contribution in [0.2, 0.25) is 0 Å². The van der Waals surface area contributed by atoms with Gasteiger partial charge in [-0.05, 0) is 74.5 Å². The molecule has 0 radical (unpaired) electrons. The molecule has 3 saturated carbocycles. The summed E-state index contributed by atoms with van der Waals surface area (Å²) in [5.74, 6) is 0.946. The first kappa shape index (κ1) is 39.7. The van der Waals surface area contributed by atoms with E-state index in [4.69, 9.17) is 32.6 Å². The van der Waals surface area contributed by atoms with Crippen LogP contribution >= 0.6 is 0 Å². The largest absolute Gasteiger partial charge is 0.397 e. The van der Waals surface area contributed by atoms with Gasteiger partial charge in [-0.3, -0.25) is 4.55 Å². The first-order valence-electron chi connectivity index (χ1n) is 19.7. The standard InChI is InChI=1S/C38H58O15S/c1-17-8-11-38(48-15-17)18(2)28-25(52-38)14-24-22-7-6-20-12-21(39)13-27(37(20,5)23(22)9-10-36(24,28)4)50-35-33(30(41)26(16-47-35)53-54(44,45)46)51-34-32(43)31(42)29(40)19(3)49-34/h6,18-19,21-35,39-43H,1,7-16H2,2-5H3,(H,44,45,46). The van der Waals surface area contributed by atoms with Crippen molar-refractivity contribution in [2.45, 2.75) is 158 Å². The fourth-order valence-corrected chi connectivity index (χ4v) is 12.9. The van der Waals surface area contributed by atoms with Gasteiger partial charge in [0.1, 0.15) is 36.6 Å². The Morgan fingerprint density at radius 2 is 1.70 bits per heavy atom. The van der Waals surface area contributed by atoms with Gasteiger partial charge in [0.25, 0.3) is 0 Å². The van der Waals surface area contributed by atoms with Gasteiger partial charge in [-0.25, -0.2) is 4.18 Å². The van der Waals surface area contributed by atoms with E-state index in [1.54, 1.807) is 0 Å². The van der Waals surface area contributed by atoms with Gasteiger partial charge in [0.2, 0.25) is 0 Å². The second-order valence-corrected chi connectivity index (χ2v) is 19.0. The average molecular weight is 787 g/mol. The van der Waals surface area contributed by atoms with E-state index in [2.05, 4.69) is 33.4 Å². The van der Waals surface area contributed by atoms with Gasteiger partial charge in [0.05, 0.1) is 37.6 Å². The summed E-state index contributed by atoms with van der Waals surface area (Å²) in [6.07, 6.45) is -6.40. The first-order chi connectivity index (χ1) is 25.4. The lowest BCUT2D eigenvalue weighted by Crippen LogP contribution is -2.63. The SMILES string of the molecule is C=C1CCC2(OC1)OC1CC3C4CC=C5CC(O)CC(OC6OCC(OS(=O)(=O)O)C(O)C6OC6OC(C)C(O)C(O)C6O)C5(C)C4CCC3(C)C1C2C. The molecule has 0 aromatic carbocycles. The van der Waals surface area contributed by atoms with Crippen LogP contribution in [0.3, 0.4) is 0 Å². The fourth-order valence-electron chi connectivity index (χ4n) is 12.4. The Hall–Kier alpha value is -1.09. The van der Waals surface area contributed by atoms with Crippen LogP contribution < -0.4 is 0 Å². The van der Waals surface area contributed by atoms with Crippen LogP contribution in [0.1, 0.15) is 79.1 Å². The van der Waals surface area contributed by atoms with Crippen LogP contribution in [-0.2, 0) is 43.0 Å². The summed E-state index contributed by atoms with van der Waals surface area (Å²) in [6, 6.07) is 0. The number of hydrogen-bond acceptors (Lipinski definition) is 14.